The summed E-state index contributed by atoms with van der Waals surface area (Å²) in [4.78, 5) is 0. The van der Waals surface area contributed by atoms with Crippen LogP contribution in [0.15, 0.2) is 0 Å². The molecule has 0 bridgehead atoms. The summed E-state index contributed by atoms with van der Waals surface area (Å²) in [5.41, 5.74) is 0. The molecule has 0 aliphatic rings. The van der Waals surface area contributed by atoms with E-state index < -0.39 is 0 Å². The van der Waals surface area contributed by atoms with Gasteiger partial charge in [0.15, 0.2) is 0 Å². The Morgan fingerprint density at radius 3 is 0.375 bits per heavy atom. The molecule has 0 unspecified atom stereocenters. The molecule has 1 radical (unpaired) electrons. The van der Waals surface area contributed by atoms with Gasteiger partial charge in [0.2, 0.25) is 0 Å². The van der Waals surface area contributed by atoms with Crippen LogP contribution in [0.2, 0.25) is 0 Å². The summed E-state index contributed by atoms with van der Waals surface area (Å²) >= 11 is 0. The second kappa shape index (κ2) is 315. The van der Waals surface area contributed by atoms with Crippen LogP contribution in [0.25, 0.3) is 0 Å². The molecular formula is H21BiCoN6. The van der Waals surface area contributed by atoms with Crippen molar-refractivity contribution in [2.24, 2.45) is 0 Å². The first-order chi connectivity index (χ1) is 0. The summed E-state index contributed by atoms with van der Waals surface area (Å²) in [6.07, 6.45) is 0. The third-order valence-corrected chi connectivity index (χ3v) is 0. The van der Waals surface area contributed by atoms with Gasteiger partial charge in [-0.2, -0.15) is 0 Å². The van der Waals surface area contributed by atoms with Gasteiger partial charge in [-0.1, -0.05) is 0 Å². The molecule has 0 spiro atoms. The Hall–Kier alpha value is 1.15. The summed E-state index contributed by atoms with van der Waals surface area (Å²) in [6.45, 7) is 0. The van der Waals surface area contributed by atoms with Gasteiger partial charge in [-0.15, -0.1) is 0 Å². The maximum atomic E-state index is 0. The van der Waals surface area contributed by atoms with Crippen LogP contribution < -0.4 is 36.9 Å². The molecule has 0 amide bonds. The van der Waals surface area contributed by atoms with E-state index in [1.807, 2.05) is 0 Å². The zero-order chi connectivity index (χ0) is 0. The number of rotatable bonds is 0. The standard InChI is InChI=1S/Bi.Co.6H3N.3H/h;;6*1H3;;;. The molecule has 6 nitrogen and oxygen atoms in total. The van der Waals surface area contributed by atoms with Gasteiger partial charge in [0, 0.05) is 16.8 Å². The first-order valence-electron chi connectivity index (χ1n) is 0. The molecule has 0 aromatic heterocycles. The second-order valence-electron chi connectivity index (χ2n) is 0. The van der Waals surface area contributed by atoms with Crippen molar-refractivity contribution >= 4 is 26.2 Å². The Morgan fingerprint density at radius 1 is 0.375 bits per heavy atom. The molecule has 18 N–H and O–H groups in total. The van der Waals surface area contributed by atoms with Crippen molar-refractivity contribution in [1.82, 2.24) is 36.9 Å². The van der Waals surface area contributed by atoms with E-state index in [0.717, 1.165) is 0 Å². The van der Waals surface area contributed by atoms with Crippen LogP contribution in [-0.2, 0) is 16.8 Å². The largest absolute Gasteiger partial charge is 0 e. The van der Waals surface area contributed by atoms with Gasteiger partial charge in [-0.3, -0.25) is 0 Å². The van der Waals surface area contributed by atoms with E-state index >= 15 is 0 Å². The third-order valence-electron chi connectivity index (χ3n) is 0. The van der Waals surface area contributed by atoms with Gasteiger partial charge in [0.05, 0.1) is 0 Å². The monoisotopic (exact) mass is 373 g/mol. The van der Waals surface area contributed by atoms with Gasteiger partial charge in [-0.25, -0.2) is 0 Å². The van der Waals surface area contributed by atoms with Gasteiger partial charge < -0.3 is 36.9 Å². The van der Waals surface area contributed by atoms with Gasteiger partial charge in [0.25, 0.3) is 0 Å². The van der Waals surface area contributed by atoms with Crippen molar-refractivity contribution in [3.05, 3.63) is 0 Å². The van der Waals surface area contributed by atoms with Crippen LogP contribution in [0, 0.1) is 0 Å². The zero-order valence-electron chi connectivity index (χ0n) is 5.28. The van der Waals surface area contributed by atoms with E-state index in [1.165, 1.54) is 0 Å². The smallest absolute Gasteiger partial charge is 0 e. The number of hydrogen-bond acceptors (Lipinski definition) is 6. The topological polar surface area (TPSA) is 210 Å². The van der Waals surface area contributed by atoms with Crippen molar-refractivity contribution < 1.29 is 16.8 Å². The van der Waals surface area contributed by atoms with Crippen LogP contribution >= 0.6 is 0 Å². The molecule has 0 rings (SSSR count). The average Bonchev–Trinajstić information content (AvgIpc) is 0. The Bertz CT molecular complexity index is 8.49. The van der Waals surface area contributed by atoms with E-state index in [0.29, 0.717) is 0 Å². The fourth-order valence-electron chi connectivity index (χ4n) is 0. The zero-order valence-corrected chi connectivity index (χ0v) is 11.8. The van der Waals surface area contributed by atoms with Crippen molar-refractivity contribution in [3.63, 3.8) is 0 Å². The summed E-state index contributed by atoms with van der Waals surface area (Å²) in [5.74, 6) is 0. The Morgan fingerprint density at radius 2 is 0.375 bits per heavy atom. The molecule has 0 atom stereocenters. The van der Waals surface area contributed by atoms with E-state index in [-0.39, 0.29) is 79.9 Å². The predicted molar refractivity (Wildman–Crippen MR) is 40.1 cm³/mol. The molecular weight excluding hydrogens is 352 g/mol. The first-order valence-corrected chi connectivity index (χ1v) is 0. The Balaban J connectivity index is 0. The average molecular weight is 373 g/mol. The van der Waals surface area contributed by atoms with Crippen LogP contribution in [0.4, 0.5) is 0 Å². The van der Waals surface area contributed by atoms with E-state index in [9.17, 15) is 0 Å². The van der Waals surface area contributed by atoms with Crippen LogP contribution in [-0.4, -0.2) is 26.2 Å². The molecule has 0 aliphatic heterocycles. The minimum Gasteiger partial charge on any atom is 0 e. The maximum absolute atomic E-state index is 0. The van der Waals surface area contributed by atoms with Crippen molar-refractivity contribution in [1.29, 1.82) is 0 Å². The quantitative estimate of drug-likeness (QED) is 0.316. The minimum atomic E-state index is 0. The van der Waals surface area contributed by atoms with Crippen molar-refractivity contribution in [2.75, 3.05) is 0 Å². The maximum Gasteiger partial charge on any atom is 0 e. The normalized spacial score (nSPS) is 0. The Kier molecular flexibility index (Phi) is 18100. The minimum absolute atomic E-state index is 0. The third kappa shape index (κ3) is 205. The SMILES string of the molecule is N.N.N.N.N.N.[BiH3].[Co]. The van der Waals surface area contributed by atoms with Crippen molar-refractivity contribution in [2.45, 2.75) is 0 Å². The molecule has 0 heterocycles. The van der Waals surface area contributed by atoms with E-state index in [4.69, 9.17) is 0 Å². The summed E-state index contributed by atoms with van der Waals surface area (Å²) in [5, 5.41) is 0. The van der Waals surface area contributed by atoms with Gasteiger partial charge in [0.1, 0.15) is 0 Å². The molecule has 0 saturated heterocycles. The van der Waals surface area contributed by atoms with E-state index in [1.54, 1.807) is 0 Å². The molecule has 0 aromatic rings. The van der Waals surface area contributed by atoms with Gasteiger partial charge in [-0.05, 0) is 0 Å². The fraction of sp³-hybridized carbons (Fsp3) is 0. The summed E-state index contributed by atoms with van der Waals surface area (Å²) < 4.78 is 0. The van der Waals surface area contributed by atoms with Crippen LogP contribution in [0.1, 0.15) is 0 Å². The summed E-state index contributed by atoms with van der Waals surface area (Å²) in [7, 11) is 0. The number of hydrogen-bond donors (Lipinski definition) is 6. The predicted octanol–water partition coefficient (Wildman–Crippen LogP) is -0.214. The molecule has 8 heteroatoms. The molecule has 65 valence electrons. The summed E-state index contributed by atoms with van der Waals surface area (Å²) in [6, 6.07) is 0. The van der Waals surface area contributed by atoms with Crippen LogP contribution in [0.5, 0.6) is 0 Å². The molecule has 0 aromatic carbocycles. The second-order valence-corrected chi connectivity index (χ2v) is 0. The fourth-order valence-corrected chi connectivity index (χ4v) is 0. The van der Waals surface area contributed by atoms with Crippen molar-refractivity contribution in [3.8, 4) is 0 Å². The first kappa shape index (κ1) is 460. The Labute approximate surface area is 79.8 Å². The molecule has 0 fully saturated rings. The van der Waals surface area contributed by atoms with Gasteiger partial charge >= 0.3 is 26.2 Å². The molecule has 8 heavy (non-hydrogen) atoms. The molecule has 0 aliphatic carbocycles. The van der Waals surface area contributed by atoms with Crippen LogP contribution in [0.3, 0.4) is 0 Å². The molecule has 0 saturated carbocycles. The van der Waals surface area contributed by atoms with E-state index in [2.05, 4.69) is 0 Å².